The van der Waals surface area contributed by atoms with Gasteiger partial charge in [-0.25, -0.2) is 0 Å². The number of anilines is 2. The molecule has 6 heteroatoms. The van der Waals surface area contributed by atoms with Crippen LogP contribution in [0.1, 0.15) is 15.9 Å². The SMILES string of the molecule is CN(CCc1ccc(Cl)cc1Cl)C(=O)c1ccc(N)cc1N. The lowest BCUT2D eigenvalue weighted by Gasteiger charge is -2.18. The van der Waals surface area contributed by atoms with E-state index in [1.54, 1.807) is 42.3 Å². The zero-order chi connectivity index (χ0) is 16.3. The average Bonchev–Trinajstić information content (AvgIpc) is 2.45. The van der Waals surface area contributed by atoms with Crippen molar-refractivity contribution in [2.75, 3.05) is 25.1 Å². The molecule has 2 aromatic carbocycles. The molecule has 0 bridgehead atoms. The first-order chi connectivity index (χ1) is 10.4. The topological polar surface area (TPSA) is 72.3 Å². The number of hydrogen-bond acceptors (Lipinski definition) is 3. The number of nitrogens with two attached hydrogens (primary N) is 2. The lowest BCUT2D eigenvalue weighted by molar-refractivity contribution is 0.0797. The standard InChI is InChI=1S/C16H17Cl2N3O/c1-21(7-6-10-2-3-11(17)8-14(10)18)16(22)13-5-4-12(19)9-15(13)20/h2-5,8-9H,6-7,19-20H2,1H3. The van der Waals surface area contributed by atoms with Crippen LogP contribution in [0.5, 0.6) is 0 Å². The Kier molecular flexibility index (Phi) is 5.16. The minimum absolute atomic E-state index is 0.150. The quantitative estimate of drug-likeness (QED) is 0.839. The molecule has 0 fully saturated rings. The van der Waals surface area contributed by atoms with E-state index >= 15 is 0 Å². The first kappa shape index (κ1) is 16.5. The van der Waals surface area contributed by atoms with E-state index in [1.165, 1.54) is 0 Å². The van der Waals surface area contributed by atoms with Crippen molar-refractivity contribution in [2.45, 2.75) is 6.42 Å². The average molecular weight is 338 g/mol. The molecule has 1 amide bonds. The number of benzene rings is 2. The highest BCUT2D eigenvalue weighted by Crippen LogP contribution is 2.22. The van der Waals surface area contributed by atoms with Gasteiger partial charge in [0, 0.05) is 35.0 Å². The van der Waals surface area contributed by atoms with Gasteiger partial charge in [-0.2, -0.15) is 0 Å². The van der Waals surface area contributed by atoms with E-state index < -0.39 is 0 Å². The fourth-order valence-corrected chi connectivity index (χ4v) is 2.60. The number of carbonyl (C=O) groups is 1. The van der Waals surface area contributed by atoms with Crippen molar-refractivity contribution in [1.29, 1.82) is 0 Å². The van der Waals surface area contributed by atoms with Crippen molar-refractivity contribution in [3.63, 3.8) is 0 Å². The Hall–Kier alpha value is -1.91. The van der Waals surface area contributed by atoms with Crippen LogP contribution in [0.15, 0.2) is 36.4 Å². The molecule has 22 heavy (non-hydrogen) atoms. The third-order valence-corrected chi connectivity index (χ3v) is 3.97. The second-order valence-electron chi connectivity index (χ2n) is 5.06. The van der Waals surface area contributed by atoms with E-state index in [0.29, 0.717) is 39.9 Å². The molecule has 2 aromatic rings. The van der Waals surface area contributed by atoms with Crippen molar-refractivity contribution < 1.29 is 4.79 Å². The van der Waals surface area contributed by atoms with Crippen molar-refractivity contribution in [3.8, 4) is 0 Å². The summed E-state index contributed by atoms with van der Waals surface area (Å²) in [6.45, 7) is 0.518. The van der Waals surface area contributed by atoms with Gasteiger partial charge >= 0.3 is 0 Å². The van der Waals surface area contributed by atoms with E-state index in [4.69, 9.17) is 34.7 Å². The maximum atomic E-state index is 12.4. The normalized spacial score (nSPS) is 10.5. The number of halogens is 2. The van der Waals surface area contributed by atoms with Gasteiger partial charge in [0.2, 0.25) is 0 Å². The molecule has 0 heterocycles. The minimum Gasteiger partial charge on any atom is -0.399 e. The molecule has 0 atom stereocenters. The Morgan fingerprint density at radius 1 is 1.14 bits per heavy atom. The van der Waals surface area contributed by atoms with Crippen molar-refractivity contribution >= 4 is 40.5 Å². The maximum absolute atomic E-state index is 12.4. The third-order valence-electron chi connectivity index (χ3n) is 3.38. The highest BCUT2D eigenvalue weighted by atomic mass is 35.5. The zero-order valence-corrected chi connectivity index (χ0v) is 13.7. The van der Waals surface area contributed by atoms with Crippen molar-refractivity contribution in [3.05, 3.63) is 57.6 Å². The summed E-state index contributed by atoms with van der Waals surface area (Å²) >= 11 is 12.0. The molecule has 0 aliphatic carbocycles. The predicted molar refractivity (Wildman–Crippen MR) is 92.4 cm³/mol. The summed E-state index contributed by atoms with van der Waals surface area (Å²) in [6.07, 6.45) is 0.632. The first-order valence-electron chi connectivity index (χ1n) is 6.73. The molecular weight excluding hydrogens is 321 g/mol. The van der Waals surface area contributed by atoms with Crippen LogP contribution in [0.4, 0.5) is 11.4 Å². The second-order valence-corrected chi connectivity index (χ2v) is 5.90. The molecule has 0 aliphatic rings. The van der Waals surface area contributed by atoms with Crippen molar-refractivity contribution in [1.82, 2.24) is 4.90 Å². The predicted octanol–water partition coefficient (Wildman–Crippen LogP) is 3.47. The van der Waals surface area contributed by atoms with Crippen LogP contribution in [0, 0.1) is 0 Å². The molecule has 0 aliphatic heterocycles. The highest BCUT2D eigenvalue weighted by Gasteiger charge is 2.15. The van der Waals surface area contributed by atoms with E-state index in [9.17, 15) is 4.79 Å². The van der Waals surface area contributed by atoms with Crippen LogP contribution in [0.25, 0.3) is 0 Å². The Morgan fingerprint density at radius 2 is 1.86 bits per heavy atom. The number of nitrogens with zero attached hydrogens (tertiary/aromatic N) is 1. The number of carbonyl (C=O) groups excluding carboxylic acids is 1. The number of hydrogen-bond donors (Lipinski definition) is 2. The summed E-state index contributed by atoms with van der Waals surface area (Å²) in [5, 5.41) is 1.19. The molecule has 0 radical (unpaired) electrons. The van der Waals surface area contributed by atoms with Crippen LogP contribution in [0.2, 0.25) is 10.0 Å². The van der Waals surface area contributed by atoms with Gasteiger partial charge in [-0.05, 0) is 42.3 Å². The van der Waals surface area contributed by atoms with E-state index in [0.717, 1.165) is 5.56 Å². The molecule has 0 aromatic heterocycles. The van der Waals surface area contributed by atoms with Gasteiger partial charge < -0.3 is 16.4 Å². The lowest BCUT2D eigenvalue weighted by atomic mass is 10.1. The second kappa shape index (κ2) is 6.90. The monoisotopic (exact) mass is 337 g/mol. The molecule has 0 unspecified atom stereocenters. The smallest absolute Gasteiger partial charge is 0.255 e. The van der Waals surface area contributed by atoms with E-state index in [-0.39, 0.29) is 5.91 Å². The Morgan fingerprint density at radius 3 is 2.50 bits per heavy atom. The fraction of sp³-hybridized carbons (Fsp3) is 0.188. The molecule has 0 saturated heterocycles. The largest absolute Gasteiger partial charge is 0.399 e. The number of likely N-dealkylation sites (N-methyl/N-ethyl adjacent to an activating group) is 1. The van der Waals surface area contributed by atoms with Gasteiger partial charge in [0.15, 0.2) is 0 Å². The Bertz CT molecular complexity index is 704. The van der Waals surface area contributed by atoms with E-state index in [1.807, 2.05) is 6.07 Å². The van der Waals surface area contributed by atoms with Gasteiger partial charge in [0.1, 0.15) is 0 Å². The molecule has 2 rings (SSSR count). The number of amides is 1. The summed E-state index contributed by atoms with van der Waals surface area (Å²) in [5.74, 6) is -0.150. The Balaban J connectivity index is 2.05. The van der Waals surface area contributed by atoms with Gasteiger partial charge in [-0.1, -0.05) is 29.3 Å². The summed E-state index contributed by atoms with van der Waals surface area (Å²) in [6, 6.07) is 10.2. The number of rotatable bonds is 4. The van der Waals surface area contributed by atoms with Crippen LogP contribution >= 0.6 is 23.2 Å². The van der Waals surface area contributed by atoms with Crippen LogP contribution in [-0.4, -0.2) is 24.4 Å². The number of nitrogen functional groups attached to an aromatic ring is 2. The summed E-state index contributed by atoms with van der Waals surface area (Å²) in [7, 11) is 1.72. The summed E-state index contributed by atoms with van der Waals surface area (Å²) < 4.78 is 0. The molecule has 116 valence electrons. The third kappa shape index (κ3) is 3.84. The summed E-state index contributed by atoms with van der Waals surface area (Å²) in [4.78, 5) is 14.0. The zero-order valence-electron chi connectivity index (χ0n) is 12.1. The molecular formula is C16H17Cl2N3O. The Labute approximate surface area is 139 Å². The van der Waals surface area contributed by atoms with Crippen LogP contribution in [0.3, 0.4) is 0 Å². The molecule has 4 nitrogen and oxygen atoms in total. The molecule has 4 N–H and O–H groups in total. The van der Waals surface area contributed by atoms with Crippen LogP contribution in [-0.2, 0) is 6.42 Å². The van der Waals surface area contributed by atoms with Gasteiger partial charge in [-0.3, -0.25) is 4.79 Å². The maximum Gasteiger partial charge on any atom is 0.255 e. The first-order valence-corrected chi connectivity index (χ1v) is 7.48. The van der Waals surface area contributed by atoms with Crippen molar-refractivity contribution in [2.24, 2.45) is 0 Å². The minimum atomic E-state index is -0.150. The molecule has 0 saturated carbocycles. The lowest BCUT2D eigenvalue weighted by Crippen LogP contribution is -2.29. The van der Waals surface area contributed by atoms with Crippen LogP contribution < -0.4 is 11.5 Å². The van der Waals surface area contributed by atoms with Gasteiger partial charge in [-0.15, -0.1) is 0 Å². The summed E-state index contributed by atoms with van der Waals surface area (Å²) in [5.41, 5.74) is 13.8. The van der Waals surface area contributed by atoms with E-state index in [2.05, 4.69) is 0 Å². The van der Waals surface area contributed by atoms with Gasteiger partial charge in [0.25, 0.3) is 5.91 Å². The highest BCUT2D eigenvalue weighted by molar-refractivity contribution is 6.35. The molecule has 0 spiro atoms. The fourth-order valence-electron chi connectivity index (χ4n) is 2.10. The van der Waals surface area contributed by atoms with Gasteiger partial charge in [0.05, 0.1) is 5.56 Å².